The van der Waals surface area contributed by atoms with Crippen molar-refractivity contribution in [1.29, 1.82) is 0 Å². The molecular weight excluding hydrogens is 366 g/mol. The highest BCUT2D eigenvalue weighted by Gasteiger charge is 2.28. The monoisotopic (exact) mass is 393 g/mol. The molecule has 2 aromatic heterocycles. The van der Waals surface area contributed by atoms with Gasteiger partial charge in [-0.3, -0.25) is 13.9 Å². The molecule has 1 aliphatic heterocycles. The van der Waals surface area contributed by atoms with Crippen LogP contribution in [0.1, 0.15) is 19.4 Å². The number of benzene rings is 1. The van der Waals surface area contributed by atoms with Crippen molar-refractivity contribution in [2.45, 2.75) is 33.4 Å². The van der Waals surface area contributed by atoms with Gasteiger partial charge in [-0.25, -0.2) is 4.79 Å². The molecule has 0 spiro atoms. The van der Waals surface area contributed by atoms with E-state index in [2.05, 4.69) is 30.5 Å². The molecule has 3 heterocycles. The first-order valence-corrected chi connectivity index (χ1v) is 10.00. The van der Waals surface area contributed by atoms with Crippen LogP contribution in [0.5, 0.6) is 0 Å². The minimum absolute atomic E-state index is 0.217. The average molecular weight is 393 g/mol. The maximum Gasteiger partial charge on any atom is 0.332 e. The maximum absolute atomic E-state index is 13.2. The van der Waals surface area contributed by atoms with Crippen LogP contribution in [0, 0.1) is 5.92 Å². The van der Waals surface area contributed by atoms with Crippen molar-refractivity contribution >= 4 is 17.1 Å². The number of anilines is 1. The van der Waals surface area contributed by atoms with Gasteiger partial charge in [0.1, 0.15) is 0 Å². The number of allylic oxidation sites excluding steroid dienone is 1. The van der Waals surface area contributed by atoms with E-state index in [0.29, 0.717) is 23.6 Å². The summed E-state index contributed by atoms with van der Waals surface area (Å²) in [6.07, 6.45) is 0.898. The summed E-state index contributed by atoms with van der Waals surface area (Å²) in [4.78, 5) is 32.9. The molecule has 152 valence electrons. The van der Waals surface area contributed by atoms with E-state index >= 15 is 0 Å². The van der Waals surface area contributed by atoms with E-state index in [-0.39, 0.29) is 17.8 Å². The van der Waals surface area contributed by atoms with E-state index in [4.69, 9.17) is 4.98 Å². The fourth-order valence-corrected chi connectivity index (χ4v) is 4.11. The highest BCUT2D eigenvalue weighted by atomic mass is 16.2. The first-order chi connectivity index (χ1) is 13.9. The van der Waals surface area contributed by atoms with Crippen molar-refractivity contribution in [3.8, 4) is 0 Å². The van der Waals surface area contributed by atoms with Gasteiger partial charge in [0, 0.05) is 26.7 Å². The van der Waals surface area contributed by atoms with Gasteiger partial charge in [0.05, 0.1) is 6.54 Å². The first-order valence-electron chi connectivity index (χ1n) is 10.00. The minimum Gasteiger partial charge on any atom is -0.342 e. The molecule has 4 rings (SSSR count). The smallest absolute Gasteiger partial charge is 0.332 e. The molecule has 7 nitrogen and oxygen atoms in total. The highest BCUT2D eigenvalue weighted by Crippen LogP contribution is 2.27. The van der Waals surface area contributed by atoms with Crippen LogP contribution < -0.4 is 16.1 Å². The van der Waals surface area contributed by atoms with Crippen LogP contribution in [-0.2, 0) is 26.6 Å². The second-order valence-corrected chi connectivity index (χ2v) is 8.17. The lowest BCUT2D eigenvalue weighted by Gasteiger charge is -2.33. The molecule has 7 heteroatoms. The second kappa shape index (κ2) is 7.39. The Labute approximate surface area is 169 Å². The predicted octanol–water partition coefficient (Wildman–Crippen LogP) is 2.17. The zero-order valence-electron chi connectivity index (χ0n) is 17.3. The molecule has 0 aliphatic carbocycles. The third-order valence-electron chi connectivity index (χ3n) is 5.46. The van der Waals surface area contributed by atoms with Gasteiger partial charge in [-0.05, 0) is 24.8 Å². The predicted molar refractivity (Wildman–Crippen MR) is 116 cm³/mol. The van der Waals surface area contributed by atoms with Crippen LogP contribution in [0.25, 0.3) is 11.2 Å². The zero-order valence-corrected chi connectivity index (χ0v) is 17.3. The van der Waals surface area contributed by atoms with Crippen LogP contribution in [0.15, 0.2) is 52.1 Å². The summed E-state index contributed by atoms with van der Waals surface area (Å²) in [5.41, 5.74) is 2.34. The molecule has 0 radical (unpaired) electrons. The van der Waals surface area contributed by atoms with Crippen LogP contribution in [0.2, 0.25) is 0 Å². The van der Waals surface area contributed by atoms with E-state index < -0.39 is 0 Å². The van der Waals surface area contributed by atoms with E-state index in [1.54, 1.807) is 7.05 Å². The minimum atomic E-state index is -0.357. The van der Waals surface area contributed by atoms with Crippen LogP contribution in [0.3, 0.4) is 0 Å². The van der Waals surface area contributed by atoms with E-state index in [0.717, 1.165) is 31.0 Å². The number of aryl methyl sites for hydroxylation is 1. The highest BCUT2D eigenvalue weighted by molar-refractivity contribution is 5.75. The Kier molecular flexibility index (Phi) is 4.90. The third kappa shape index (κ3) is 3.41. The number of aromatic nitrogens is 4. The average Bonchev–Trinajstić information content (AvgIpc) is 3.08. The molecule has 0 amide bonds. The summed E-state index contributed by atoms with van der Waals surface area (Å²) < 4.78 is 4.73. The number of rotatable bonds is 5. The molecule has 0 unspecified atom stereocenters. The molecule has 1 aromatic carbocycles. The van der Waals surface area contributed by atoms with Gasteiger partial charge >= 0.3 is 5.69 Å². The number of hydrogen-bond acceptors (Lipinski definition) is 4. The van der Waals surface area contributed by atoms with Crippen LogP contribution in [0.4, 0.5) is 5.95 Å². The maximum atomic E-state index is 13.2. The fourth-order valence-electron chi connectivity index (χ4n) is 4.11. The lowest BCUT2D eigenvalue weighted by atomic mass is 10.1. The molecule has 0 saturated carbocycles. The summed E-state index contributed by atoms with van der Waals surface area (Å²) in [5.74, 6) is 1.15. The standard InChI is InChI=1S/C22H27N5O2/c1-15(2)12-27-20(28)18-19(24(4)22(27)29)23-21-25(13-16(3)14-26(18)21)11-10-17-8-6-5-7-9-17/h5-9,16H,1,10-14H2,2-4H3/t16-/m1/s1. The Morgan fingerprint density at radius 1 is 1.21 bits per heavy atom. The second-order valence-electron chi connectivity index (χ2n) is 8.17. The number of hydrogen-bond donors (Lipinski definition) is 0. The van der Waals surface area contributed by atoms with E-state index in [1.807, 2.05) is 29.7 Å². The van der Waals surface area contributed by atoms with Crippen molar-refractivity contribution < 1.29 is 0 Å². The van der Waals surface area contributed by atoms with Crippen molar-refractivity contribution in [3.63, 3.8) is 0 Å². The van der Waals surface area contributed by atoms with Crippen molar-refractivity contribution in [2.24, 2.45) is 13.0 Å². The van der Waals surface area contributed by atoms with Crippen molar-refractivity contribution in [3.05, 3.63) is 68.9 Å². The third-order valence-corrected chi connectivity index (χ3v) is 5.46. The van der Waals surface area contributed by atoms with Gasteiger partial charge < -0.3 is 9.47 Å². The Bertz CT molecular complexity index is 1190. The molecule has 1 atom stereocenters. The fraction of sp³-hybridized carbons (Fsp3) is 0.409. The Morgan fingerprint density at radius 3 is 2.62 bits per heavy atom. The SMILES string of the molecule is C=C(C)Cn1c(=O)c2c(nc3n2C[C@H](C)CN3CCc2ccccc2)n(C)c1=O. The number of fused-ring (bicyclic) bond motifs is 3. The zero-order chi connectivity index (χ0) is 20.7. The van der Waals surface area contributed by atoms with Gasteiger partial charge in [0.2, 0.25) is 5.95 Å². The van der Waals surface area contributed by atoms with Gasteiger partial charge in [-0.1, -0.05) is 49.4 Å². The molecule has 29 heavy (non-hydrogen) atoms. The summed E-state index contributed by atoms with van der Waals surface area (Å²) in [7, 11) is 1.68. The van der Waals surface area contributed by atoms with Crippen LogP contribution in [-0.4, -0.2) is 31.8 Å². The molecular formula is C22H27N5O2. The number of nitrogens with zero attached hydrogens (tertiary/aromatic N) is 5. The van der Waals surface area contributed by atoms with E-state index in [9.17, 15) is 9.59 Å². The van der Waals surface area contributed by atoms with Crippen molar-refractivity contribution in [1.82, 2.24) is 18.7 Å². The van der Waals surface area contributed by atoms with Gasteiger partial charge in [0.15, 0.2) is 11.2 Å². The molecule has 3 aromatic rings. The Balaban J connectivity index is 1.81. The number of imidazole rings is 1. The van der Waals surface area contributed by atoms with Gasteiger partial charge in [-0.2, -0.15) is 4.98 Å². The largest absolute Gasteiger partial charge is 0.342 e. The lowest BCUT2D eigenvalue weighted by molar-refractivity contribution is 0.437. The molecule has 1 aliphatic rings. The Hall–Kier alpha value is -3.09. The summed E-state index contributed by atoms with van der Waals surface area (Å²) in [5, 5.41) is 0. The molecule has 0 N–H and O–H groups in total. The Morgan fingerprint density at radius 2 is 1.93 bits per heavy atom. The summed E-state index contributed by atoms with van der Waals surface area (Å²) >= 11 is 0. The van der Waals surface area contributed by atoms with Crippen LogP contribution >= 0.6 is 0 Å². The lowest BCUT2D eigenvalue weighted by Crippen LogP contribution is -2.41. The summed E-state index contributed by atoms with van der Waals surface area (Å²) in [6.45, 7) is 10.5. The quantitative estimate of drug-likeness (QED) is 0.623. The van der Waals surface area contributed by atoms with Gasteiger partial charge in [-0.15, -0.1) is 0 Å². The first kappa shape index (κ1) is 19.2. The summed E-state index contributed by atoms with van der Waals surface area (Å²) in [6, 6.07) is 10.3. The van der Waals surface area contributed by atoms with Gasteiger partial charge in [0.25, 0.3) is 5.56 Å². The van der Waals surface area contributed by atoms with E-state index in [1.165, 1.54) is 14.7 Å². The topological polar surface area (TPSA) is 65.1 Å². The van der Waals surface area contributed by atoms with Crippen molar-refractivity contribution in [2.75, 3.05) is 18.0 Å². The molecule has 0 bridgehead atoms. The normalized spacial score (nSPS) is 16.2. The molecule has 0 fully saturated rings. The molecule has 0 saturated heterocycles.